The number of hydrogen-bond donors (Lipinski definition) is 3. The molecule has 1 aromatic carbocycles. The Morgan fingerprint density at radius 2 is 1.83 bits per heavy atom. The Morgan fingerprint density at radius 1 is 1.03 bits per heavy atom. The molecule has 2 heterocycles. The number of carbonyl (C=O) groups is 1. The molecule has 2 aromatic rings. The summed E-state index contributed by atoms with van der Waals surface area (Å²) in [6.45, 7) is 1.88. The number of carbonyl (C=O) groups excluding carboxylic acids is 1. The molecule has 1 saturated heterocycles. The van der Waals surface area contributed by atoms with Gasteiger partial charge in [-0.2, -0.15) is 0 Å². The summed E-state index contributed by atoms with van der Waals surface area (Å²) in [6, 6.07) is 12.1. The quantitative estimate of drug-likeness (QED) is 0.461. The van der Waals surface area contributed by atoms with Crippen LogP contribution in [0.1, 0.15) is 74.6 Å². The maximum Gasteiger partial charge on any atom is 0.259 e. The van der Waals surface area contributed by atoms with Gasteiger partial charge in [0, 0.05) is 28.9 Å². The van der Waals surface area contributed by atoms with Crippen molar-refractivity contribution >= 4 is 35.0 Å². The Kier molecular flexibility index (Phi) is 6.39. The summed E-state index contributed by atoms with van der Waals surface area (Å²) in [5, 5.41) is 17.2. The van der Waals surface area contributed by atoms with E-state index in [0.717, 1.165) is 43.3 Å². The van der Waals surface area contributed by atoms with Crippen LogP contribution in [0.5, 0.6) is 0 Å². The zero-order chi connectivity index (χ0) is 23.8. The van der Waals surface area contributed by atoms with E-state index < -0.39 is 0 Å². The van der Waals surface area contributed by atoms with Gasteiger partial charge in [0.25, 0.3) is 5.91 Å². The van der Waals surface area contributed by atoms with Crippen molar-refractivity contribution in [2.75, 3.05) is 28.6 Å². The number of piperidine rings is 1. The highest BCUT2D eigenvalue weighted by atomic mass is 32.2. The molecule has 1 spiro atoms. The smallest absolute Gasteiger partial charge is 0.259 e. The Morgan fingerprint density at radius 3 is 2.51 bits per heavy atom. The molecule has 6 nitrogen and oxygen atoms in total. The van der Waals surface area contributed by atoms with Crippen molar-refractivity contribution in [1.82, 2.24) is 4.98 Å². The standard InChI is InChI=1S/C28H36N4O2S/c33-24-10-9-23(24)30-25-11-8-22(26(31-25)32-16-14-28(12-13-28)15-17-32)27(34)29-19-4-3-7-21(18-19)35-20-5-1-2-6-20/h3-4,7-8,11,18,20,23-24,33H,1-2,5-6,9-10,12-17H2,(H,29,34)(H,30,31)/t23-,24-/m1/s1. The van der Waals surface area contributed by atoms with Gasteiger partial charge in [-0.05, 0) is 87.1 Å². The zero-order valence-electron chi connectivity index (χ0n) is 20.3. The molecule has 186 valence electrons. The van der Waals surface area contributed by atoms with Crippen LogP contribution in [0, 0.1) is 5.41 Å². The van der Waals surface area contributed by atoms with Gasteiger partial charge < -0.3 is 20.6 Å². The van der Waals surface area contributed by atoms with Crippen molar-refractivity contribution in [3.8, 4) is 0 Å². The molecule has 6 rings (SSSR count). The van der Waals surface area contributed by atoms with Crippen LogP contribution in [-0.4, -0.2) is 46.5 Å². The van der Waals surface area contributed by atoms with Gasteiger partial charge in [-0.15, -0.1) is 11.8 Å². The van der Waals surface area contributed by atoms with Crippen LogP contribution in [0.2, 0.25) is 0 Å². The van der Waals surface area contributed by atoms with Crippen LogP contribution in [0.3, 0.4) is 0 Å². The first-order chi connectivity index (χ1) is 17.1. The van der Waals surface area contributed by atoms with E-state index in [0.29, 0.717) is 16.2 Å². The number of amides is 1. The highest BCUT2D eigenvalue weighted by Gasteiger charge is 2.45. The van der Waals surface area contributed by atoms with E-state index in [4.69, 9.17) is 4.98 Å². The van der Waals surface area contributed by atoms with Crippen molar-refractivity contribution in [2.24, 2.45) is 5.41 Å². The number of benzene rings is 1. The molecule has 7 heteroatoms. The molecule has 35 heavy (non-hydrogen) atoms. The summed E-state index contributed by atoms with van der Waals surface area (Å²) in [7, 11) is 0. The molecule has 0 unspecified atom stereocenters. The van der Waals surface area contributed by atoms with Gasteiger partial charge in [-0.25, -0.2) is 4.98 Å². The normalized spacial score (nSPS) is 25.3. The van der Waals surface area contributed by atoms with Crippen LogP contribution in [0.15, 0.2) is 41.3 Å². The van der Waals surface area contributed by atoms with Gasteiger partial charge in [-0.3, -0.25) is 4.79 Å². The number of aliphatic hydroxyl groups is 1. The lowest BCUT2D eigenvalue weighted by Crippen LogP contribution is -2.43. The summed E-state index contributed by atoms with van der Waals surface area (Å²) in [6.07, 6.45) is 11.7. The minimum absolute atomic E-state index is 0.0474. The first-order valence-electron chi connectivity index (χ1n) is 13.4. The maximum absolute atomic E-state index is 13.5. The highest BCUT2D eigenvalue weighted by Crippen LogP contribution is 2.54. The fourth-order valence-corrected chi connectivity index (χ4v) is 7.01. The minimum atomic E-state index is -0.317. The lowest BCUT2D eigenvalue weighted by molar-refractivity contribution is 0.0784. The molecule has 1 aliphatic heterocycles. The van der Waals surface area contributed by atoms with E-state index in [1.807, 2.05) is 36.0 Å². The minimum Gasteiger partial charge on any atom is -0.391 e. The number of nitrogens with one attached hydrogen (secondary N) is 2. The van der Waals surface area contributed by atoms with Crippen LogP contribution in [0.25, 0.3) is 0 Å². The van der Waals surface area contributed by atoms with Crippen molar-refractivity contribution in [1.29, 1.82) is 0 Å². The number of thioether (sulfide) groups is 1. The lowest BCUT2D eigenvalue weighted by atomic mass is 9.89. The Hall–Kier alpha value is -2.25. The predicted molar refractivity (Wildman–Crippen MR) is 143 cm³/mol. The van der Waals surface area contributed by atoms with Crippen molar-refractivity contribution in [2.45, 2.75) is 86.5 Å². The molecule has 3 saturated carbocycles. The third-order valence-electron chi connectivity index (χ3n) is 8.47. The van der Waals surface area contributed by atoms with Gasteiger partial charge >= 0.3 is 0 Å². The molecule has 3 N–H and O–H groups in total. The van der Waals surface area contributed by atoms with Gasteiger partial charge in [0.2, 0.25) is 0 Å². The molecular formula is C28H36N4O2S. The van der Waals surface area contributed by atoms with Gasteiger partial charge in [0.15, 0.2) is 0 Å². The van der Waals surface area contributed by atoms with E-state index >= 15 is 0 Å². The molecule has 1 aromatic heterocycles. The van der Waals surface area contributed by atoms with Crippen molar-refractivity contribution < 1.29 is 9.90 Å². The van der Waals surface area contributed by atoms with Crippen LogP contribution >= 0.6 is 11.8 Å². The van der Waals surface area contributed by atoms with Gasteiger partial charge in [-0.1, -0.05) is 18.9 Å². The Labute approximate surface area is 212 Å². The lowest BCUT2D eigenvalue weighted by Gasteiger charge is -2.35. The maximum atomic E-state index is 13.5. The molecule has 3 aliphatic carbocycles. The van der Waals surface area contributed by atoms with Crippen LogP contribution in [0.4, 0.5) is 17.3 Å². The first kappa shape index (κ1) is 23.2. The highest BCUT2D eigenvalue weighted by molar-refractivity contribution is 8.00. The number of hydrogen-bond acceptors (Lipinski definition) is 6. The third kappa shape index (κ3) is 5.17. The zero-order valence-corrected chi connectivity index (χ0v) is 21.2. The SMILES string of the molecule is O=C(Nc1cccc(SC2CCCC2)c1)c1ccc(N[C@@H]2CC[C@H]2O)nc1N1CCC2(CC1)CC2. The number of nitrogens with zero attached hydrogens (tertiary/aromatic N) is 2. The molecule has 2 atom stereocenters. The van der Waals surface area contributed by atoms with Gasteiger partial charge in [0.05, 0.1) is 17.7 Å². The van der Waals surface area contributed by atoms with Crippen molar-refractivity contribution in [3.05, 3.63) is 42.0 Å². The summed E-state index contributed by atoms with van der Waals surface area (Å²) in [5.41, 5.74) is 2.01. The van der Waals surface area contributed by atoms with E-state index in [1.165, 1.54) is 56.3 Å². The summed E-state index contributed by atoms with van der Waals surface area (Å²) in [4.78, 5) is 21.9. The molecule has 1 amide bonds. The fourth-order valence-electron chi connectivity index (χ4n) is 5.70. The van der Waals surface area contributed by atoms with Gasteiger partial charge in [0.1, 0.15) is 11.6 Å². The molecular weight excluding hydrogens is 456 g/mol. The number of anilines is 3. The van der Waals surface area contributed by atoms with E-state index in [-0.39, 0.29) is 18.1 Å². The average Bonchev–Trinajstić information content (AvgIpc) is 3.41. The largest absolute Gasteiger partial charge is 0.391 e. The number of pyridine rings is 1. The van der Waals surface area contributed by atoms with Crippen LogP contribution < -0.4 is 15.5 Å². The Bertz CT molecular complexity index is 1070. The molecule has 0 radical (unpaired) electrons. The second-order valence-electron chi connectivity index (χ2n) is 11.0. The second kappa shape index (κ2) is 9.66. The summed E-state index contributed by atoms with van der Waals surface area (Å²) >= 11 is 1.93. The van der Waals surface area contributed by atoms with E-state index in [2.05, 4.69) is 27.7 Å². The Balaban J connectivity index is 1.20. The predicted octanol–water partition coefficient (Wildman–Crippen LogP) is 5.68. The fraction of sp³-hybridized carbons (Fsp3) is 0.571. The van der Waals surface area contributed by atoms with E-state index in [9.17, 15) is 9.90 Å². The van der Waals surface area contributed by atoms with E-state index in [1.54, 1.807) is 0 Å². The first-order valence-corrected chi connectivity index (χ1v) is 14.2. The summed E-state index contributed by atoms with van der Waals surface area (Å²) in [5.74, 6) is 1.38. The number of aliphatic hydroxyl groups excluding tert-OH is 1. The number of aromatic nitrogens is 1. The molecule has 4 fully saturated rings. The third-order valence-corrected chi connectivity index (χ3v) is 9.80. The molecule has 4 aliphatic rings. The van der Waals surface area contributed by atoms with Crippen molar-refractivity contribution in [3.63, 3.8) is 0 Å². The topological polar surface area (TPSA) is 77.5 Å². The van der Waals surface area contributed by atoms with Crippen LogP contribution in [-0.2, 0) is 0 Å². The molecule has 0 bridgehead atoms. The average molecular weight is 493 g/mol. The number of rotatable bonds is 7. The second-order valence-corrected chi connectivity index (χ2v) is 12.3. The monoisotopic (exact) mass is 492 g/mol. The summed E-state index contributed by atoms with van der Waals surface area (Å²) < 4.78 is 0.